The first-order chi connectivity index (χ1) is 6.70. The molecule has 1 aromatic rings. The SMILES string of the molecule is CC1=C(N)C(c2ccccc2)OC1=O. The van der Waals surface area contributed by atoms with Gasteiger partial charge in [0.25, 0.3) is 0 Å². The van der Waals surface area contributed by atoms with Crippen LogP contribution >= 0.6 is 0 Å². The van der Waals surface area contributed by atoms with Crippen molar-refractivity contribution < 1.29 is 9.53 Å². The number of hydrogen-bond acceptors (Lipinski definition) is 3. The number of ether oxygens (including phenoxy) is 1. The zero-order chi connectivity index (χ0) is 10.1. The van der Waals surface area contributed by atoms with Crippen molar-refractivity contribution in [2.75, 3.05) is 0 Å². The highest BCUT2D eigenvalue weighted by molar-refractivity contribution is 5.91. The lowest BCUT2D eigenvalue weighted by Crippen LogP contribution is -2.08. The van der Waals surface area contributed by atoms with Crippen LogP contribution in [0.25, 0.3) is 0 Å². The fraction of sp³-hybridized carbons (Fsp3) is 0.182. The molecule has 0 bridgehead atoms. The standard InChI is InChI=1S/C11H11NO2/c1-7-9(12)10(14-11(7)13)8-5-3-2-4-6-8/h2-6,10H,12H2,1H3. The van der Waals surface area contributed by atoms with Crippen molar-refractivity contribution in [3.8, 4) is 0 Å². The molecule has 0 aromatic heterocycles. The van der Waals surface area contributed by atoms with Crippen molar-refractivity contribution in [1.29, 1.82) is 0 Å². The Morgan fingerprint density at radius 1 is 1.29 bits per heavy atom. The van der Waals surface area contributed by atoms with E-state index in [1.54, 1.807) is 6.92 Å². The van der Waals surface area contributed by atoms with Gasteiger partial charge in [0.05, 0.1) is 11.3 Å². The van der Waals surface area contributed by atoms with Crippen LogP contribution in [0.15, 0.2) is 41.6 Å². The van der Waals surface area contributed by atoms with Crippen molar-refractivity contribution in [2.45, 2.75) is 13.0 Å². The molecule has 14 heavy (non-hydrogen) atoms. The van der Waals surface area contributed by atoms with E-state index in [2.05, 4.69) is 0 Å². The Labute approximate surface area is 82.2 Å². The van der Waals surface area contributed by atoms with Crippen molar-refractivity contribution in [3.63, 3.8) is 0 Å². The average molecular weight is 189 g/mol. The van der Waals surface area contributed by atoms with E-state index in [0.717, 1.165) is 5.56 Å². The number of carbonyl (C=O) groups excluding carboxylic acids is 1. The van der Waals surface area contributed by atoms with Gasteiger partial charge in [-0.05, 0) is 12.5 Å². The van der Waals surface area contributed by atoms with E-state index in [0.29, 0.717) is 11.3 Å². The summed E-state index contributed by atoms with van der Waals surface area (Å²) in [5.41, 5.74) is 7.72. The summed E-state index contributed by atoms with van der Waals surface area (Å²) in [6.45, 7) is 1.68. The molecule has 0 radical (unpaired) electrons. The Kier molecular flexibility index (Phi) is 2.00. The second-order valence-electron chi connectivity index (χ2n) is 3.28. The molecule has 3 heteroatoms. The van der Waals surface area contributed by atoms with Crippen molar-refractivity contribution in [1.82, 2.24) is 0 Å². The lowest BCUT2D eigenvalue weighted by atomic mass is 10.1. The zero-order valence-corrected chi connectivity index (χ0v) is 7.86. The number of rotatable bonds is 1. The minimum absolute atomic E-state index is 0.323. The number of carbonyl (C=O) groups is 1. The van der Waals surface area contributed by atoms with E-state index in [-0.39, 0.29) is 5.97 Å². The molecule has 72 valence electrons. The molecule has 1 atom stereocenters. The Balaban J connectivity index is 2.36. The quantitative estimate of drug-likeness (QED) is 0.681. The summed E-state index contributed by atoms with van der Waals surface area (Å²) in [6.07, 6.45) is -0.399. The van der Waals surface area contributed by atoms with Gasteiger partial charge in [-0.2, -0.15) is 0 Å². The maximum Gasteiger partial charge on any atom is 0.336 e. The summed E-state index contributed by atoms with van der Waals surface area (Å²) in [5.74, 6) is -0.323. The molecule has 1 unspecified atom stereocenters. The number of benzene rings is 1. The van der Waals surface area contributed by atoms with E-state index in [1.807, 2.05) is 30.3 Å². The summed E-state index contributed by atoms with van der Waals surface area (Å²) < 4.78 is 5.13. The Morgan fingerprint density at radius 3 is 2.43 bits per heavy atom. The van der Waals surface area contributed by atoms with Crippen LogP contribution in [0.5, 0.6) is 0 Å². The highest BCUT2D eigenvalue weighted by Crippen LogP contribution is 2.31. The van der Waals surface area contributed by atoms with Crippen LogP contribution in [0.3, 0.4) is 0 Å². The molecule has 0 amide bonds. The highest BCUT2D eigenvalue weighted by atomic mass is 16.5. The van der Waals surface area contributed by atoms with Gasteiger partial charge in [-0.25, -0.2) is 4.79 Å². The molecule has 1 aliphatic rings. The zero-order valence-electron chi connectivity index (χ0n) is 7.86. The predicted molar refractivity (Wildman–Crippen MR) is 52.2 cm³/mol. The second-order valence-corrected chi connectivity index (χ2v) is 3.28. The van der Waals surface area contributed by atoms with E-state index in [1.165, 1.54) is 0 Å². The molecular weight excluding hydrogens is 178 g/mol. The van der Waals surface area contributed by atoms with Crippen LogP contribution in [0.4, 0.5) is 0 Å². The van der Waals surface area contributed by atoms with Gasteiger partial charge in [0, 0.05) is 0 Å². The van der Waals surface area contributed by atoms with Gasteiger partial charge in [-0.3, -0.25) is 0 Å². The van der Waals surface area contributed by atoms with E-state index in [4.69, 9.17) is 10.5 Å². The van der Waals surface area contributed by atoms with Gasteiger partial charge >= 0.3 is 5.97 Å². The number of nitrogens with two attached hydrogens (primary N) is 1. The van der Waals surface area contributed by atoms with Gasteiger partial charge in [-0.1, -0.05) is 30.3 Å². The number of esters is 1. The topological polar surface area (TPSA) is 52.3 Å². The fourth-order valence-electron chi connectivity index (χ4n) is 1.45. The molecule has 2 N–H and O–H groups in total. The lowest BCUT2D eigenvalue weighted by Gasteiger charge is -2.10. The Morgan fingerprint density at radius 2 is 1.93 bits per heavy atom. The van der Waals surface area contributed by atoms with Crippen LogP contribution in [-0.2, 0) is 9.53 Å². The monoisotopic (exact) mass is 189 g/mol. The molecular formula is C11H11NO2. The maximum atomic E-state index is 11.2. The summed E-state index contributed by atoms with van der Waals surface area (Å²) in [4.78, 5) is 11.2. The van der Waals surface area contributed by atoms with E-state index >= 15 is 0 Å². The molecule has 1 heterocycles. The van der Waals surface area contributed by atoms with E-state index < -0.39 is 6.10 Å². The molecule has 0 fully saturated rings. The van der Waals surface area contributed by atoms with Crippen LogP contribution < -0.4 is 5.73 Å². The van der Waals surface area contributed by atoms with Crippen molar-refractivity contribution in [2.24, 2.45) is 5.73 Å². The van der Waals surface area contributed by atoms with Gasteiger partial charge in [0.2, 0.25) is 0 Å². The summed E-state index contributed by atoms with van der Waals surface area (Å²) in [7, 11) is 0. The third-order valence-electron chi connectivity index (χ3n) is 2.35. The second kappa shape index (κ2) is 3.18. The number of cyclic esters (lactones) is 1. The largest absolute Gasteiger partial charge is 0.448 e. The first-order valence-corrected chi connectivity index (χ1v) is 4.42. The molecule has 1 aromatic carbocycles. The normalized spacial score (nSPS) is 21.2. The van der Waals surface area contributed by atoms with Gasteiger partial charge in [0.1, 0.15) is 0 Å². The summed E-state index contributed by atoms with van der Waals surface area (Å²) in [5, 5.41) is 0. The van der Waals surface area contributed by atoms with Crippen LogP contribution in [0.1, 0.15) is 18.6 Å². The van der Waals surface area contributed by atoms with Gasteiger partial charge in [-0.15, -0.1) is 0 Å². The molecule has 1 aliphatic heterocycles. The van der Waals surface area contributed by atoms with Crippen LogP contribution in [0.2, 0.25) is 0 Å². The average Bonchev–Trinajstić information content (AvgIpc) is 2.47. The number of hydrogen-bond donors (Lipinski definition) is 1. The highest BCUT2D eigenvalue weighted by Gasteiger charge is 2.30. The fourth-order valence-corrected chi connectivity index (χ4v) is 1.45. The molecule has 0 aliphatic carbocycles. The third-order valence-corrected chi connectivity index (χ3v) is 2.35. The van der Waals surface area contributed by atoms with Crippen molar-refractivity contribution >= 4 is 5.97 Å². The maximum absolute atomic E-state index is 11.2. The molecule has 0 spiro atoms. The molecule has 0 saturated carbocycles. The first kappa shape index (κ1) is 8.81. The summed E-state index contributed by atoms with van der Waals surface area (Å²) in [6, 6.07) is 9.48. The Hall–Kier alpha value is -1.77. The minimum atomic E-state index is -0.399. The smallest absolute Gasteiger partial charge is 0.336 e. The first-order valence-electron chi connectivity index (χ1n) is 4.42. The molecule has 2 rings (SSSR count). The Bertz CT molecular complexity index is 395. The molecule has 3 nitrogen and oxygen atoms in total. The van der Waals surface area contributed by atoms with Crippen LogP contribution in [0, 0.1) is 0 Å². The summed E-state index contributed by atoms with van der Waals surface area (Å²) >= 11 is 0. The van der Waals surface area contributed by atoms with E-state index in [9.17, 15) is 4.79 Å². The predicted octanol–water partition coefficient (Wildman–Crippen LogP) is 1.52. The van der Waals surface area contributed by atoms with Gasteiger partial charge < -0.3 is 10.5 Å². The third kappa shape index (κ3) is 1.27. The lowest BCUT2D eigenvalue weighted by molar-refractivity contribution is -0.140. The van der Waals surface area contributed by atoms with Crippen LogP contribution in [-0.4, -0.2) is 5.97 Å². The molecule has 0 saturated heterocycles. The van der Waals surface area contributed by atoms with Crippen molar-refractivity contribution in [3.05, 3.63) is 47.2 Å². The van der Waals surface area contributed by atoms with Gasteiger partial charge in [0.15, 0.2) is 6.10 Å². The minimum Gasteiger partial charge on any atom is -0.448 e.